The maximum Gasteiger partial charge on any atom is 0.187 e. The summed E-state index contributed by atoms with van der Waals surface area (Å²) in [6, 6.07) is 1.35. The molecule has 1 N–H and O–H groups in total. The number of rotatable bonds is 4. The highest BCUT2D eigenvalue weighted by Gasteiger charge is 2.14. The molecule has 0 aliphatic heterocycles. The predicted octanol–water partition coefficient (Wildman–Crippen LogP) is 2.12. The molecule has 0 fully saturated rings. The Labute approximate surface area is 104 Å². The van der Waals surface area contributed by atoms with Crippen molar-refractivity contribution >= 4 is 5.82 Å². The topological polar surface area (TPSA) is 59.9 Å². The van der Waals surface area contributed by atoms with E-state index in [2.05, 4.69) is 20.3 Å². The molecule has 18 heavy (non-hydrogen) atoms. The summed E-state index contributed by atoms with van der Waals surface area (Å²) >= 11 is 0. The van der Waals surface area contributed by atoms with Crippen LogP contribution in [-0.4, -0.2) is 28.6 Å². The van der Waals surface area contributed by atoms with Crippen molar-refractivity contribution in [3.63, 3.8) is 0 Å². The molecule has 0 amide bonds. The van der Waals surface area contributed by atoms with Gasteiger partial charge >= 0.3 is 0 Å². The van der Waals surface area contributed by atoms with Crippen LogP contribution in [0, 0.1) is 5.82 Å². The summed E-state index contributed by atoms with van der Waals surface area (Å²) in [6.45, 7) is 2.65. The lowest BCUT2D eigenvalue weighted by molar-refractivity contribution is 0.414. The molecule has 0 aromatic carbocycles. The molecule has 0 saturated heterocycles. The molecular formula is C12H13FN4O. The summed E-state index contributed by atoms with van der Waals surface area (Å²) in [5, 5.41) is 3.06. The van der Waals surface area contributed by atoms with Crippen LogP contribution < -0.4 is 10.1 Å². The van der Waals surface area contributed by atoms with Crippen molar-refractivity contribution in [2.75, 3.05) is 19.0 Å². The second-order valence-electron chi connectivity index (χ2n) is 3.53. The largest absolute Gasteiger partial charge is 0.491 e. The van der Waals surface area contributed by atoms with E-state index in [-0.39, 0.29) is 0 Å². The lowest BCUT2D eigenvalue weighted by Gasteiger charge is -2.11. The zero-order valence-electron chi connectivity index (χ0n) is 10.1. The number of halogens is 1. The minimum atomic E-state index is -0.418. The van der Waals surface area contributed by atoms with E-state index in [9.17, 15) is 4.39 Å². The Bertz CT molecular complexity index is 547. The van der Waals surface area contributed by atoms with Crippen LogP contribution in [0.1, 0.15) is 6.92 Å². The van der Waals surface area contributed by atoms with Crippen LogP contribution in [0.25, 0.3) is 11.3 Å². The number of methoxy groups -OCH3 is 1. The van der Waals surface area contributed by atoms with Gasteiger partial charge in [-0.1, -0.05) is 0 Å². The van der Waals surface area contributed by atoms with Crippen LogP contribution in [0.2, 0.25) is 0 Å². The number of aromatic nitrogens is 3. The second-order valence-corrected chi connectivity index (χ2v) is 3.53. The number of nitrogens with one attached hydrogen (secondary N) is 1. The van der Waals surface area contributed by atoms with E-state index in [1.165, 1.54) is 25.7 Å². The van der Waals surface area contributed by atoms with Gasteiger partial charge in [0.05, 0.1) is 13.3 Å². The minimum Gasteiger partial charge on any atom is -0.491 e. The summed E-state index contributed by atoms with van der Waals surface area (Å²) in [4.78, 5) is 12.0. The van der Waals surface area contributed by atoms with E-state index >= 15 is 0 Å². The summed E-state index contributed by atoms with van der Waals surface area (Å²) in [5.41, 5.74) is 1.06. The van der Waals surface area contributed by atoms with Crippen LogP contribution in [0.3, 0.4) is 0 Å². The van der Waals surface area contributed by atoms with Crippen LogP contribution >= 0.6 is 0 Å². The van der Waals surface area contributed by atoms with Gasteiger partial charge < -0.3 is 10.1 Å². The van der Waals surface area contributed by atoms with Gasteiger partial charge in [0.1, 0.15) is 17.8 Å². The van der Waals surface area contributed by atoms with Crippen LogP contribution in [0.4, 0.5) is 10.2 Å². The fourth-order valence-electron chi connectivity index (χ4n) is 1.61. The van der Waals surface area contributed by atoms with Gasteiger partial charge in [-0.05, 0) is 13.0 Å². The fourth-order valence-corrected chi connectivity index (χ4v) is 1.61. The average molecular weight is 248 g/mol. The van der Waals surface area contributed by atoms with E-state index in [0.29, 0.717) is 29.4 Å². The maximum absolute atomic E-state index is 13.2. The van der Waals surface area contributed by atoms with Gasteiger partial charge in [0.25, 0.3) is 0 Å². The first-order chi connectivity index (χ1) is 8.76. The van der Waals surface area contributed by atoms with Crippen molar-refractivity contribution in [3.8, 4) is 17.0 Å². The van der Waals surface area contributed by atoms with Crippen LogP contribution in [0.5, 0.6) is 5.75 Å². The molecule has 0 aliphatic rings. The zero-order valence-corrected chi connectivity index (χ0v) is 10.1. The highest BCUT2D eigenvalue weighted by molar-refractivity contribution is 5.71. The molecule has 2 aromatic heterocycles. The number of hydrogen-bond donors (Lipinski definition) is 1. The smallest absolute Gasteiger partial charge is 0.187 e. The number of pyridine rings is 1. The molecule has 94 valence electrons. The number of hydrogen-bond acceptors (Lipinski definition) is 5. The molecule has 5 nitrogen and oxygen atoms in total. The highest BCUT2D eigenvalue weighted by Crippen LogP contribution is 2.32. The van der Waals surface area contributed by atoms with Crippen molar-refractivity contribution in [3.05, 3.63) is 30.6 Å². The van der Waals surface area contributed by atoms with Gasteiger partial charge in [-0.15, -0.1) is 0 Å². The lowest BCUT2D eigenvalue weighted by atomic mass is 10.2. The molecule has 2 rings (SSSR count). The summed E-state index contributed by atoms with van der Waals surface area (Å²) in [7, 11) is 1.52. The van der Waals surface area contributed by atoms with Crippen LogP contribution in [-0.2, 0) is 0 Å². The molecule has 0 atom stereocenters. The first kappa shape index (κ1) is 12.2. The summed E-state index contributed by atoms with van der Waals surface area (Å²) in [5.74, 6) is 0.638. The van der Waals surface area contributed by atoms with E-state index in [4.69, 9.17) is 4.74 Å². The molecule has 6 heteroatoms. The molecule has 0 spiro atoms. The summed E-state index contributed by atoms with van der Waals surface area (Å²) < 4.78 is 18.5. The molecular weight excluding hydrogens is 235 g/mol. The molecule has 0 aliphatic carbocycles. The lowest BCUT2D eigenvalue weighted by Crippen LogP contribution is -2.04. The Kier molecular flexibility index (Phi) is 3.66. The van der Waals surface area contributed by atoms with Gasteiger partial charge in [0.15, 0.2) is 11.6 Å². The molecule has 2 aromatic rings. The van der Waals surface area contributed by atoms with Gasteiger partial charge in [0, 0.05) is 18.3 Å². The second kappa shape index (κ2) is 5.39. The Hall–Kier alpha value is -2.24. The van der Waals surface area contributed by atoms with Crippen molar-refractivity contribution in [1.82, 2.24) is 15.0 Å². The number of anilines is 1. The highest BCUT2D eigenvalue weighted by atomic mass is 19.1. The van der Waals surface area contributed by atoms with E-state index in [1.807, 2.05) is 6.92 Å². The van der Waals surface area contributed by atoms with E-state index in [1.54, 1.807) is 0 Å². The third-order valence-corrected chi connectivity index (χ3v) is 2.33. The Balaban J connectivity index is 2.53. The van der Waals surface area contributed by atoms with E-state index < -0.39 is 5.82 Å². The van der Waals surface area contributed by atoms with Crippen molar-refractivity contribution < 1.29 is 9.13 Å². The van der Waals surface area contributed by atoms with Crippen LogP contribution in [0.15, 0.2) is 24.8 Å². The predicted molar refractivity (Wildman–Crippen MR) is 65.9 cm³/mol. The first-order valence-electron chi connectivity index (χ1n) is 5.50. The normalized spacial score (nSPS) is 10.2. The first-order valence-corrected chi connectivity index (χ1v) is 5.50. The number of ether oxygens (including phenoxy) is 1. The Morgan fingerprint density at radius 1 is 1.33 bits per heavy atom. The van der Waals surface area contributed by atoms with Gasteiger partial charge in [-0.25, -0.2) is 14.4 Å². The fraction of sp³-hybridized carbons (Fsp3) is 0.250. The van der Waals surface area contributed by atoms with Crippen molar-refractivity contribution in [2.24, 2.45) is 0 Å². The number of nitrogens with zero attached hydrogens (tertiary/aromatic N) is 3. The summed E-state index contributed by atoms with van der Waals surface area (Å²) in [6.07, 6.45) is 4.08. The molecule has 2 heterocycles. The minimum absolute atomic E-state index is 0.418. The molecule has 0 bridgehead atoms. The molecule has 0 unspecified atom stereocenters. The third-order valence-electron chi connectivity index (χ3n) is 2.33. The average Bonchev–Trinajstić information content (AvgIpc) is 2.39. The quantitative estimate of drug-likeness (QED) is 0.898. The Morgan fingerprint density at radius 2 is 2.17 bits per heavy atom. The van der Waals surface area contributed by atoms with Gasteiger partial charge in [0.2, 0.25) is 0 Å². The zero-order chi connectivity index (χ0) is 13.0. The monoisotopic (exact) mass is 248 g/mol. The Morgan fingerprint density at radius 3 is 2.83 bits per heavy atom. The SMILES string of the molecule is CCNc1ncnc(-c2cncc(F)c2)c1OC. The molecule has 0 radical (unpaired) electrons. The van der Waals surface area contributed by atoms with Crippen molar-refractivity contribution in [2.45, 2.75) is 6.92 Å². The van der Waals surface area contributed by atoms with Gasteiger partial charge in [-0.2, -0.15) is 0 Å². The third kappa shape index (κ3) is 2.37. The van der Waals surface area contributed by atoms with Gasteiger partial charge in [-0.3, -0.25) is 4.98 Å². The maximum atomic E-state index is 13.2. The van der Waals surface area contributed by atoms with E-state index in [0.717, 1.165) is 6.20 Å². The molecule has 0 saturated carbocycles. The van der Waals surface area contributed by atoms with Crippen molar-refractivity contribution in [1.29, 1.82) is 0 Å². The standard InChI is InChI=1S/C12H13FN4O/c1-3-15-12-11(18-2)10(16-7-17-12)8-4-9(13)6-14-5-8/h4-7H,3H2,1-2H3,(H,15,16,17).